The molecule has 7 heteroatoms. The first kappa shape index (κ1) is 28.4. The second kappa shape index (κ2) is 12.6. The number of likely N-dealkylation sites (tertiary alicyclic amines) is 1. The number of aliphatic hydroxyl groups excluding tert-OH is 1. The molecule has 7 nitrogen and oxygen atoms in total. The number of hydrogen-bond acceptors (Lipinski definition) is 6. The second-order valence-electron chi connectivity index (χ2n) is 10.7. The van der Waals surface area contributed by atoms with Gasteiger partial charge in [-0.25, -0.2) is 0 Å². The van der Waals surface area contributed by atoms with Crippen LogP contribution in [0.5, 0.6) is 11.5 Å². The van der Waals surface area contributed by atoms with Crippen LogP contribution in [-0.2, 0) is 22.6 Å². The molecule has 3 aromatic carbocycles. The fourth-order valence-corrected chi connectivity index (χ4v) is 5.70. The number of hydrogen-bond donors (Lipinski definition) is 1. The van der Waals surface area contributed by atoms with Gasteiger partial charge in [-0.2, -0.15) is 0 Å². The number of ether oxygens (including phenoxy) is 2. The molecule has 1 N–H and O–H groups in total. The van der Waals surface area contributed by atoms with Gasteiger partial charge in [0.05, 0.1) is 11.6 Å². The predicted octanol–water partition coefficient (Wildman–Crippen LogP) is 5.74. The van der Waals surface area contributed by atoms with Gasteiger partial charge in [0.2, 0.25) is 0 Å². The highest BCUT2D eigenvalue weighted by atomic mass is 16.5. The minimum absolute atomic E-state index is 0.0532. The Kier molecular flexibility index (Phi) is 8.74. The van der Waals surface area contributed by atoms with Crippen LogP contribution < -0.4 is 9.47 Å². The van der Waals surface area contributed by atoms with Crippen molar-refractivity contribution in [2.45, 2.75) is 52.4 Å². The lowest BCUT2D eigenvalue weighted by Crippen LogP contribution is -2.33. The number of aliphatic hydroxyl groups is 1. The number of fused-ring (bicyclic) bond motifs is 1. The molecule has 0 aliphatic carbocycles. The molecular weight excluding hydrogens is 516 g/mol. The first-order valence-electron chi connectivity index (χ1n) is 14.5. The normalized spacial score (nSPS) is 19.5. The summed E-state index contributed by atoms with van der Waals surface area (Å²) in [5.41, 5.74) is 3.34. The Balaban J connectivity index is 1.50. The monoisotopic (exact) mass is 554 g/mol. The van der Waals surface area contributed by atoms with E-state index in [0.29, 0.717) is 30.9 Å². The van der Waals surface area contributed by atoms with Crippen LogP contribution in [0, 0.1) is 0 Å². The van der Waals surface area contributed by atoms with Gasteiger partial charge in [0.15, 0.2) is 0 Å². The Morgan fingerprint density at radius 1 is 1.02 bits per heavy atom. The summed E-state index contributed by atoms with van der Waals surface area (Å²) in [4.78, 5) is 30.9. The number of nitrogens with zero attached hydrogens (tertiary/aromatic N) is 2. The topological polar surface area (TPSA) is 79.3 Å². The largest absolute Gasteiger partial charge is 0.507 e. The lowest BCUT2D eigenvalue weighted by atomic mass is 9.94. The molecule has 2 heterocycles. The van der Waals surface area contributed by atoms with Crippen molar-refractivity contribution in [1.82, 2.24) is 9.80 Å². The highest BCUT2D eigenvalue weighted by Crippen LogP contribution is 2.41. The molecule has 41 heavy (non-hydrogen) atoms. The maximum atomic E-state index is 13.5. The molecule has 3 aromatic rings. The van der Waals surface area contributed by atoms with Crippen LogP contribution in [0.2, 0.25) is 0 Å². The van der Waals surface area contributed by atoms with Gasteiger partial charge < -0.3 is 24.4 Å². The Morgan fingerprint density at radius 3 is 2.56 bits per heavy atom. The Bertz CT molecular complexity index is 1430. The molecule has 2 atom stereocenters. The Hall–Kier alpha value is -4.10. The number of benzene rings is 3. The van der Waals surface area contributed by atoms with Crippen LogP contribution in [0.3, 0.4) is 0 Å². The molecule has 214 valence electrons. The average Bonchev–Trinajstić information content (AvgIpc) is 3.49. The lowest BCUT2D eigenvalue weighted by molar-refractivity contribution is -0.140. The van der Waals surface area contributed by atoms with E-state index in [1.165, 1.54) is 0 Å². The quantitative estimate of drug-likeness (QED) is 0.185. The van der Waals surface area contributed by atoms with E-state index in [-0.39, 0.29) is 17.4 Å². The van der Waals surface area contributed by atoms with Crippen LogP contribution in [0.1, 0.15) is 55.5 Å². The van der Waals surface area contributed by atoms with Crippen molar-refractivity contribution in [3.05, 3.63) is 101 Å². The molecule has 0 aromatic heterocycles. The van der Waals surface area contributed by atoms with E-state index in [4.69, 9.17) is 9.47 Å². The molecule has 2 aliphatic heterocycles. The number of carbonyl (C=O) groups excluding carboxylic acids is 2. The standard InChI is InChI=1S/C34H38N2O5/c1-4-35(5-2)17-10-18-36-31(25-13-9-14-28(21-25)40-22-24-11-7-6-8-12-24)30(33(38)34(36)39)32(37)26-15-16-29-27(20-26)19-23(3)41-29/h6-9,11-16,20-21,23,31,37H,4-5,10,17-19,22H2,1-3H3/b32-30+/t23-,31-/m0/s1. The number of ketones is 1. The van der Waals surface area contributed by atoms with Gasteiger partial charge >= 0.3 is 0 Å². The minimum atomic E-state index is -0.726. The van der Waals surface area contributed by atoms with E-state index in [1.54, 1.807) is 11.0 Å². The summed E-state index contributed by atoms with van der Waals surface area (Å²) in [5.74, 6) is -0.0205. The SMILES string of the molecule is CCN(CC)CCCN1C(=O)C(=O)/C(=C(/O)c2ccc3c(c2)C[C@H](C)O3)[C@@H]1c1cccc(OCc2ccccc2)c1. The van der Waals surface area contributed by atoms with Gasteiger partial charge in [0.1, 0.15) is 30.0 Å². The van der Waals surface area contributed by atoms with Crippen molar-refractivity contribution in [2.24, 2.45) is 0 Å². The van der Waals surface area contributed by atoms with Gasteiger partial charge in [0.25, 0.3) is 11.7 Å². The molecule has 2 aliphatic rings. The molecule has 1 saturated heterocycles. The summed E-state index contributed by atoms with van der Waals surface area (Å²) in [6.45, 7) is 9.65. The summed E-state index contributed by atoms with van der Waals surface area (Å²) in [6, 6.07) is 22.1. The lowest BCUT2D eigenvalue weighted by Gasteiger charge is -2.27. The second-order valence-corrected chi connectivity index (χ2v) is 10.7. The molecule has 1 fully saturated rings. The average molecular weight is 555 g/mol. The maximum Gasteiger partial charge on any atom is 0.295 e. The fourth-order valence-electron chi connectivity index (χ4n) is 5.70. The molecule has 0 radical (unpaired) electrons. The maximum absolute atomic E-state index is 13.5. The van der Waals surface area contributed by atoms with E-state index in [9.17, 15) is 14.7 Å². The summed E-state index contributed by atoms with van der Waals surface area (Å²) in [5, 5.41) is 11.6. The van der Waals surface area contributed by atoms with E-state index in [1.807, 2.05) is 73.7 Å². The zero-order valence-corrected chi connectivity index (χ0v) is 24.0. The van der Waals surface area contributed by atoms with Crippen LogP contribution in [-0.4, -0.2) is 58.9 Å². The predicted molar refractivity (Wildman–Crippen MR) is 159 cm³/mol. The Morgan fingerprint density at radius 2 is 1.80 bits per heavy atom. The number of rotatable bonds is 11. The zero-order valence-electron chi connectivity index (χ0n) is 24.0. The number of Topliss-reactive ketones (excluding diaryl/α,β-unsaturated/α-hetero) is 1. The van der Waals surface area contributed by atoms with Crippen molar-refractivity contribution in [3.63, 3.8) is 0 Å². The van der Waals surface area contributed by atoms with Gasteiger partial charge in [-0.1, -0.05) is 56.3 Å². The van der Waals surface area contributed by atoms with Crippen molar-refractivity contribution >= 4 is 17.4 Å². The van der Waals surface area contributed by atoms with E-state index >= 15 is 0 Å². The summed E-state index contributed by atoms with van der Waals surface area (Å²) in [7, 11) is 0. The third-order valence-corrected chi connectivity index (χ3v) is 7.90. The smallest absolute Gasteiger partial charge is 0.295 e. The van der Waals surface area contributed by atoms with Gasteiger partial charge in [0, 0.05) is 18.5 Å². The first-order valence-corrected chi connectivity index (χ1v) is 14.5. The van der Waals surface area contributed by atoms with Crippen LogP contribution in [0.15, 0.2) is 78.4 Å². The molecule has 5 rings (SSSR count). The van der Waals surface area contributed by atoms with Crippen molar-refractivity contribution in [2.75, 3.05) is 26.2 Å². The third kappa shape index (κ3) is 6.15. The third-order valence-electron chi connectivity index (χ3n) is 7.90. The van der Waals surface area contributed by atoms with E-state index < -0.39 is 17.7 Å². The number of carbonyl (C=O) groups is 2. The van der Waals surface area contributed by atoms with Gasteiger partial charge in [-0.3, -0.25) is 9.59 Å². The molecule has 0 spiro atoms. The van der Waals surface area contributed by atoms with E-state index in [2.05, 4.69) is 18.7 Å². The van der Waals surface area contributed by atoms with Crippen molar-refractivity contribution in [1.29, 1.82) is 0 Å². The van der Waals surface area contributed by atoms with Crippen LogP contribution in [0.4, 0.5) is 0 Å². The minimum Gasteiger partial charge on any atom is -0.507 e. The van der Waals surface area contributed by atoms with Gasteiger partial charge in [-0.05, 0) is 80.0 Å². The fraction of sp³-hybridized carbons (Fsp3) is 0.353. The number of amides is 1. The van der Waals surface area contributed by atoms with Gasteiger partial charge in [-0.15, -0.1) is 0 Å². The van der Waals surface area contributed by atoms with Crippen molar-refractivity contribution in [3.8, 4) is 11.5 Å². The highest BCUT2D eigenvalue weighted by Gasteiger charge is 2.46. The molecule has 0 saturated carbocycles. The summed E-state index contributed by atoms with van der Waals surface area (Å²) >= 11 is 0. The molecule has 0 bridgehead atoms. The van der Waals surface area contributed by atoms with Crippen molar-refractivity contribution < 1.29 is 24.2 Å². The first-order chi connectivity index (χ1) is 19.9. The summed E-state index contributed by atoms with van der Waals surface area (Å²) in [6.07, 6.45) is 1.49. The molecule has 1 amide bonds. The van der Waals surface area contributed by atoms with Crippen LogP contribution in [0.25, 0.3) is 5.76 Å². The molecule has 0 unspecified atom stereocenters. The molecular formula is C34H38N2O5. The zero-order chi connectivity index (χ0) is 28.9. The highest BCUT2D eigenvalue weighted by molar-refractivity contribution is 6.46. The van der Waals surface area contributed by atoms with E-state index in [0.717, 1.165) is 48.5 Å². The Labute approximate surface area is 242 Å². The van der Waals surface area contributed by atoms with Crippen LogP contribution >= 0.6 is 0 Å². The summed E-state index contributed by atoms with van der Waals surface area (Å²) < 4.78 is 11.9.